The molecule has 1 aromatic heterocycles. The molecule has 5 heteroatoms. The maximum absolute atomic E-state index is 12.6. The Labute approximate surface area is 157 Å². The average molecular weight is 366 g/mol. The van der Waals surface area contributed by atoms with Crippen molar-refractivity contribution >= 4 is 16.9 Å². The first kappa shape index (κ1) is 18.7. The van der Waals surface area contributed by atoms with E-state index in [1.54, 1.807) is 18.2 Å². The van der Waals surface area contributed by atoms with Crippen LogP contribution in [0.5, 0.6) is 17.2 Å². The number of hydrogen-bond donors (Lipinski definition) is 0. The number of benzene rings is 2. The van der Waals surface area contributed by atoms with Crippen LogP contribution in [0.4, 0.5) is 0 Å². The van der Waals surface area contributed by atoms with Crippen LogP contribution in [0.3, 0.4) is 0 Å². The second-order valence-corrected chi connectivity index (χ2v) is 7.72. The monoisotopic (exact) mass is 366 g/mol. The molecule has 5 nitrogen and oxygen atoms in total. The number of carbonyl (C=O) groups is 1. The van der Waals surface area contributed by atoms with Crippen LogP contribution in [0.15, 0.2) is 57.9 Å². The molecule has 0 saturated heterocycles. The molecule has 0 saturated carbocycles. The number of carbonyl (C=O) groups excluding carboxylic acids is 1. The van der Waals surface area contributed by atoms with Crippen molar-refractivity contribution in [3.63, 3.8) is 0 Å². The molecule has 140 valence electrons. The average Bonchev–Trinajstić information content (AvgIpc) is 2.56. The summed E-state index contributed by atoms with van der Waals surface area (Å²) in [7, 11) is 0. The predicted octanol–water partition coefficient (Wildman–Crippen LogP) is 5.24. The molecule has 2 aromatic carbocycles. The topological polar surface area (TPSA) is 65.7 Å². The Hall–Kier alpha value is -3.08. The van der Waals surface area contributed by atoms with Gasteiger partial charge in [0.15, 0.2) is 0 Å². The highest BCUT2D eigenvalue weighted by Crippen LogP contribution is 2.25. The number of rotatable bonds is 4. The lowest BCUT2D eigenvalue weighted by atomic mass is 9.92. The van der Waals surface area contributed by atoms with Crippen LogP contribution in [-0.2, 0) is 4.79 Å². The predicted molar refractivity (Wildman–Crippen MR) is 103 cm³/mol. The molecule has 0 aliphatic carbocycles. The first-order valence-electron chi connectivity index (χ1n) is 8.72. The van der Waals surface area contributed by atoms with Gasteiger partial charge >= 0.3 is 5.97 Å². The largest absolute Gasteiger partial charge is 0.460 e. The van der Waals surface area contributed by atoms with Crippen molar-refractivity contribution in [2.75, 3.05) is 0 Å². The third-order valence-electron chi connectivity index (χ3n) is 3.84. The van der Waals surface area contributed by atoms with Crippen molar-refractivity contribution in [3.8, 4) is 17.2 Å². The van der Waals surface area contributed by atoms with E-state index in [2.05, 4.69) is 0 Å². The lowest BCUT2D eigenvalue weighted by Crippen LogP contribution is -2.17. The van der Waals surface area contributed by atoms with E-state index in [0.717, 1.165) is 5.56 Å². The summed E-state index contributed by atoms with van der Waals surface area (Å²) in [4.78, 5) is 24.6. The van der Waals surface area contributed by atoms with Crippen LogP contribution in [-0.4, -0.2) is 5.97 Å². The summed E-state index contributed by atoms with van der Waals surface area (Å²) in [5, 5.41) is 0.357. The van der Waals surface area contributed by atoms with Gasteiger partial charge in [0, 0.05) is 6.07 Å². The lowest BCUT2D eigenvalue weighted by molar-refractivity contribution is -0.136. The van der Waals surface area contributed by atoms with E-state index in [9.17, 15) is 9.59 Å². The van der Waals surface area contributed by atoms with Crippen LogP contribution in [0, 0.1) is 12.3 Å². The highest BCUT2D eigenvalue weighted by molar-refractivity contribution is 5.81. The van der Waals surface area contributed by atoms with Crippen molar-refractivity contribution < 1.29 is 18.7 Å². The van der Waals surface area contributed by atoms with Gasteiger partial charge < -0.3 is 13.9 Å². The molecule has 0 atom stereocenters. The molecule has 0 bridgehead atoms. The lowest BCUT2D eigenvalue weighted by Gasteiger charge is -2.16. The first-order chi connectivity index (χ1) is 12.7. The van der Waals surface area contributed by atoms with Gasteiger partial charge in [-0.25, -0.2) is 0 Å². The molecule has 27 heavy (non-hydrogen) atoms. The SMILES string of the molecule is Cc1cccc(Oc2coc3cc(OC(=O)CC(C)(C)C)ccc3c2=O)c1. The molecule has 0 amide bonds. The number of esters is 1. The molecule has 0 aliphatic heterocycles. The fraction of sp³-hybridized carbons (Fsp3) is 0.273. The van der Waals surface area contributed by atoms with Crippen molar-refractivity contribution in [1.29, 1.82) is 0 Å². The highest BCUT2D eigenvalue weighted by Gasteiger charge is 2.18. The smallest absolute Gasteiger partial charge is 0.311 e. The molecule has 0 aliphatic rings. The van der Waals surface area contributed by atoms with Crippen LogP contribution in [0.2, 0.25) is 0 Å². The molecule has 3 rings (SSSR count). The van der Waals surface area contributed by atoms with E-state index in [1.165, 1.54) is 12.3 Å². The van der Waals surface area contributed by atoms with Gasteiger partial charge in [-0.3, -0.25) is 9.59 Å². The Balaban J connectivity index is 1.85. The normalized spacial score (nSPS) is 11.4. The second kappa shape index (κ2) is 7.27. The fourth-order valence-corrected chi connectivity index (χ4v) is 2.63. The molecular formula is C22H22O5. The van der Waals surface area contributed by atoms with E-state index >= 15 is 0 Å². The third kappa shape index (κ3) is 4.76. The number of fused-ring (bicyclic) bond motifs is 1. The summed E-state index contributed by atoms with van der Waals surface area (Å²) in [5.41, 5.74) is 0.907. The summed E-state index contributed by atoms with van der Waals surface area (Å²) < 4.78 is 16.5. The van der Waals surface area contributed by atoms with Gasteiger partial charge in [-0.2, -0.15) is 0 Å². The zero-order chi connectivity index (χ0) is 19.6. The minimum Gasteiger partial charge on any atom is -0.460 e. The summed E-state index contributed by atoms with van der Waals surface area (Å²) in [6, 6.07) is 12.1. The first-order valence-corrected chi connectivity index (χ1v) is 8.72. The fourth-order valence-electron chi connectivity index (χ4n) is 2.63. The molecule has 3 aromatic rings. The van der Waals surface area contributed by atoms with Gasteiger partial charge in [-0.15, -0.1) is 0 Å². The van der Waals surface area contributed by atoms with Gasteiger partial charge in [0.25, 0.3) is 0 Å². The van der Waals surface area contributed by atoms with Gasteiger partial charge in [0.05, 0.1) is 11.8 Å². The van der Waals surface area contributed by atoms with Gasteiger partial charge in [-0.05, 0) is 42.2 Å². The third-order valence-corrected chi connectivity index (χ3v) is 3.84. The zero-order valence-corrected chi connectivity index (χ0v) is 15.9. The van der Waals surface area contributed by atoms with Crippen molar-refractivity contribution in [3.05, 3.63) is 64.5 Å². The molecule has 0 N–H and O–H groups in total. The van der Waals surface area contributed by atoms with E-state index in [0.29, 0.717) is 22.5 Å². The standard InChI is InChI=1S/C22H22O5/c1-14-6-5-7-15(10-14)26-19-13-25-18-11-16(8-9-17(18)21(19)24)27-20(23)12-22(2,3)4/h5-11,13H,12H2,1-4H3. The molecule has 1 heterocycles. The minimum absolute atomic E-state index is 0.102. The molecule has 0 radical (unpaired) electrons. The summed E-state index contributed by atoms with van der Waals surface area (Å²) >= 11 is 0. The molecule has 0 fully saturated rings. The molecular weight excluding hydrogens is 344 g/mol. The van der Waals surface area contributed by atoms with Gasteiger partial charge in [0.1, 0.15) is 23.3 Å². The van der Waals surface area contributed by atoms with Gasteiger partial charge in [-0.1, -0.05) is 32.9 Å². The Morgan fingerprint density at radius 2 is 1.85 bits per heavy atom. The Morgan fingerprint density at radius 3 is 2.56 bits per heavy atom. The van der Waals surface area contributed by atoms with Crippen molar-refractivity contribution in [2.45, 2.75) is 34.1 Å². The minimum atomic E-state index is -0.330. The zero-order valence-electron chi connectivity index (χ0n) is 15.9. The second-order valence-electron chi connectivity index (χ2n) is 7.72. The molecule has 0 unspecified atom stereocenters. The summed E-state index contributed by atoms with van der Waals surface area (Å²) in [6.45, 7) is 7.83. The van der Waals surface area contributed by atoms with E-state index in [-0.39, 0.29) is 29.0 Å². The van der Waals surface area contributed by atoms with E-state index in [4.69, 9.17) is 13.9 Å². The van der Waals surface area contributed by atoms with Crippen LogP contribution in [0.1, 0.15) is 32.8 Å². The maximum atomic E-state index is 12.6. The quantitative estimate of drug-likeness (QED) is 0.467. The summed E-state index contributed by atoms with van der Waals surface area (Å²) in [5.74, 6) is 0.677. The van der Waals surface area contributed by atoms with Crippen LogP contribution < -0.4 is 14.9 Å². The van der Waals surface area contributed by atoms with Crippen LogP contribution in [0.25, 0.3) is 11.0 Å². The number of ether oxygens (including phenoxy) is 2. The number of hydrogen-bond acceptors (Lipinski definition) is 5. The number of aryl methyl sites for hydroxylation is 1. The van der Waals surface area contributed by atoms with Gasteiger partial charge in [0.2, 0.25) is 11.2 Å². The highest BCUT2D eigenvalue weighted by atomic mass is 16.5. The summed E-state index contributed by atoms with van der Waals surface area (Å²) in [6.07, 6.45) is 1.56. The Bertz CT molecular complexity index is 1040. The van der Waals surface area contributed by atoms with E-state index in [1.807, 2.05) is 45.9 Å². The van der Waals surface area contributed by atoms with Crippen molar-refractivity contribution in [2.24, 2.45) is 5.41 Å². The molecule has 0 spiro atoms. The van der Waals surface area contributed by atoms with Crippen LogP contribution >= 0.6 is 0 Å². The Morgan fingerprint density at radius 1 is 1.07 bits per heavy atom. The van der Waals surface area contributed by atoms with E-state index < -0.39 is 0 Å². The maximum Gasteiger partial charge on any atom is 0.311 e. The Kier molecular flexibility index (Phi) is 5.04. The van der Waals surface area contributed by atoms with Crippen molar-refractivity contribution in [1.82, 2.24) is 0 Å².